The van der Waals surface area contributed by atoms with Crippen molar-refractivity contribution in [2.45, 2.75) is 57.3 Å². The summed E-state index contributed by atoms with van der Waals surface area (Å²) in [5.41, 5.74) is 2.99. The molecule has 2 amide bonds. The number of carbonyl (C=O) groups excluding carboxylic acids is 2. The van der Waals surface area contributed by atoms with Crippen LogP contribution in [0.25, 0.3) is 11.4 Å². The van der Waals surface area contributed by atoms with E-state index in [9.17, 15) is 14.0 Å². The Morgan fingerprint density at radius 2 is 1.71 bits per heavy atom. The van der Waals surface area contributed by atoms with E-state index in [0.29, 0.717) is 22.6 Å². The molecule has 1 fully saturated rings. The maximum absolute atomic E-state index is 14.2. The predicted molar refractivity (Wildman–Crippen MR) is 165 cm³/mol. The summed E-state index contributed by atoms with van der Waals surface area (Å²) in [6.45, 7) is -0.0185. The average molecular weight is 614 g/mol. The molecule has 1 saturated carbocycles. The largest absolute Gasteiger partial charge is 0.454 e. The van der Waals surface area contributed by atoms with E-state index in [4.69, 9.17) is 9.47 Å². The molecule has 1 aromatic heterocycles. The van der Waals surface area contributed by atoms with Crippen molar-refractivity contribution in [1.82, 2.24) is 30.4 Å². The van der Waals surface area contributed by atoms with E-state index in [1.165, 1.54) is 16.9 Å². The fourth-order valence-corrected chi connectivity index (χ4v) is 5.75. The molecule has 3 aromatic carbocycles. The third-order valence-electron chi connectivity index (χ3n) is 8.18. The monoisotopic (exact) mass is 613 g/mol. The first-order chi connectivity index (χ1) is 21.8. The van der Waals surface area contributed by atoms with Gasteiger partial charge in [0.1, 0.15) is 18.4 Å². The van der Waals surface area contributed by atoms with Gasteiger partial charge in [-0.2, -0.15) is 4.80 Å². The summed E-state index contributed by atoms with van der Waals surface area (Å²) in [6.07, 6.45) is 5.08. The summed E-state index contributed by atoms with van der Waals surface area (Å²) in [5, 5.41) is 15.8. The van der Waals surface area contributed by atoms with E-state index in [0.717, 1.165) is 43.4 Å². The number of carbonyl (C=O) groups is 2. The zero-order valence-electron chi connectivity index (χ0n) is 25.4. The lowest BCUT2D eigenvalue weighted by Gasteiger charge is -2.33. The van der Waals surface area contributed by atoms with Crippen molar-refractivity contribution in [1.29, 1.82) is 0 Å². The zero-order valence-corrected chi connectivity index (χ0v) is 25.4. The van der Waals surface area contributed by atoms with Crippen molar-refractivity contribution < 1.29 is 23.5 Å². The van der Waals surface area contributed by atoms with E-state index >= 15 is 0 Å². The number of ether oxygens (including phenoxy) is 2. The van der Waals surface area contributed by atoms with Crippen LogP contribution in [-0.2, 0) is 22.7 Å². The first-order valence-electron chi connectivity index (χ1n) is 15.1. The SMILES string of the molecule is CN(C)c1ccc([C@@H](C(=O)NC2CCCCC2)N(Cc2ccc3c(c2)OCO3)C(=O)Cn2nnc(-c3ccc(F)cc3)n2)cc1. The second-order valence-corrected chi connectivity index (χ2v) is 11.6. The van der Waals surface area contributed by atoms with Gasteiger partial charge < -0.3 is 24.6 Å². The van der Waals surface area contributed by atoms with Crippen molar-refractivity contribution in [2.75, 3.05) is 25.8 Å². The molecule has 1 N–H and O–H groups in total. The van der Waals surface area contributed by atoms with E-state index < -0.39 is 6.04 Å². The molecule has 1 atom stereocenters. The van der Waals surface area contributed by atoms with Gasteiger partial charge in [-0.05, 0) is 77.7 Å². The van der Waals surface area contributed by atoms with Crippen LogP contribution in [0.3, 0.4) is 0 Å². The molecule has 2 heterocycles. The molecule has 1 aliphatic heterocycles. The number of benzene rings is 3. The lowest BCUT2D eigenvalue weighted by Crippen LogP contribution is -2.47. The van der Waals surface area contributed by atoms with Gasteiger partial charge in [-0.25, -0.2) is 4.39 Å². The summed E-state index contributed by atoms with van der Waals surface area (Å²) in [5.74, 6) is 0.471. The lowest BCUT2D eigenvalue weighted by molar-refractivity contribution is -0.142. The number of hydrogen-bond acceptors (Lipinski definition) is 8. The Kier molecular flexibility index (Phi) is 8.90. The number of tetrazole rings is 1. The number of nitrogens with zero attached hydrogens (tertiary/aromatic N) is 6. The number of rotatable bonds is 10. The number of anilines is 1. The first-order valence-corrected chi connectivity index (χ1v) is 15.1. The van der Waals surface area contributed by atoms with Crippen LogP contribution in [0.2, 0.25) is 0 Å². The molecular weight excluding hydrogens is 577 g/mol. The van der Waals surface area contributed by atoms with Crippen molar-refractivity contribution in [3.05, 3.63) is 83.7 Å². The maximum atomic E-state index is 14.2. The van der Waals surface area contributed by atoms with Crippen molar-refractivity contribution in [3.8, 4) is 22.9 Å². The Balaban J connectivity index is 1.34. The minimum atomic E-state index is -0.929. The Bertz CT molecular complexity index is 1640. The van der Waals surface area contributed by atoms with Gasteiger partial charge in [0.25, 0.3) is 0 Å². The highest BCUT2D eigenvalue weighted by atomic mass is 19.1. The minimum absolute atomic E-state index is 0.0487. The number of aromatic nitrogens is 4. The van der Waals surface area contributed by atoms with Crippen LogP contribution in [0.4, 0.5) is 10.1 Å². The van der Waals surface area contributed by atoms with Gasteiger partial charge in [0.15, 0.2) is 11.5 Å². The van der Waals surface area contributed by atoms with Crippen LogP contribution in [0.15, 0.2) is 66.7 Å². The Hall–Kier alpha value is -5.00. The molecule has 45 heavy (non-hydrogen) atoms. The van der Waals surface area contributed by atoms with Gasteiger partial charge in [-0.3, -0.25) is 9.59 Å². The topological polar surface area (TPSA) is 115 Å². The second kappa shape index (κ2) is 13.3. The highest BCUT2D eigenvalue weighted by Gasteiger charge is 2.34. The highest BCUT2D eigenvalue weighted by Crippen LogP contribution is 2.34. The lowest BCUT2D eigenvalue weighted by atomic mass is 9.94. The molecule has 12 heteroatoms. The number of fused-ring (bicyclic) bond motifs is 1. The molecule has 4 aromatic rings. The van der Waals surface area contributed by atoms with Crippen molar-refractivity contribution in [3.63, 3.8) is 0 Å². The third-order valence-corrected chi connectivity index (χ3v) is 8.18. The zero-order chi connectivity index (χ0) is 31.3. The molecule has 1 aliphatic carbocycles. The summed E-state index contributed by atoms with van der Waals surface area (Å²) >= 11 is 0. The maximum Gasteiger partial charge on any atom is 0.247 e. The van der Waals surface area contributed by atoms with E-state index in [-0.39, 0.29) is 49.4 Å². The van der Waals surface area contributed by atoms with Gasteiger partial charge >= 0.3 is 0 Å². The predicted octanol–water partition coefficient (Wildman–Crippen LogP) is 4.49. The quantitative estimate of drug-likeness (QED) is 0.278. The Morgan fingerprint density at radius 3 is 2.44 bits per heavy atom. The van der Waals surface area contributed by atoms with E-state index in [1.807, 2.05) is 55.4 Å². The molecule has 11 nitrogen and oxygen atoms in total. The van der Waals surface area contributed by atoms with Gasteiger partial charge in [-0.1, -0.05) is 37.5 Å². The van der Waals surface area contributed by atoms with Gasteiger partial charge in [0, 0.05) is 37.9 Å². The first kappa shape index (κ1) is 30.0. The van der Waals surface area contributed by atoms with Crippen LogP contribution >= 0.6 is 0 Å². The van der Waals surface area contributed by atoms with Crippen molar-refractivity contribution in [2.24, 2.45) is 0 Å². The van der Waals surface area contributed by atoms with E-state index in [1.54, 1.807) is 23.1 Å². The third kappa shape index (κ3) is 7.05. The van der Waals surface area contributed by atoms with Gasteiger partial charge in [0.05, 0.1) is 0 Å². The van der Waals surface area contributed by atoms with Crippen LogP contribution in [0.1, 0.15) is 49.3 Å². The Morgan fingerprint density at radius 1 is 0.978 bits per heavy atom. The smallest absolute Gasteiger partial charge is 0.247 e. The standard InChI is InChI=1S/C33H36FN7O4/c1-39(2)27-15-11-23(12-16-27)31(33(43)35-26-6-4-3-5-7-26)40(19-22-8-17-28-29(18-22)45-21-44-28)30(42)20-41-37-32(36-38-41)24-9-13-25(34)14-10-24/h8-18,26,31H,3-7,19-21H2,1-2H3,(H,35,43)/t31-/m0/s1. The molecule has 0 spiro atoms. The highest BCUT2D eigenvalue weighted by molar-refractivity contribution is 5.89. The molecule has 0 radical (unpaired) electrons. The molecule has 0 bridgehead atoms. The molecular formula is C33H36FN7O4. The molecule has 0 unspecified atom stereocenters. The van der Waals surface area contributed by atoms with E-state index in [2.05, 4.69) is 20.7 Å². The molecule has 6 rings (SSSR count). The average Bonchev–Trinajstić information content (AvgIpc) is 3.71. The minimum Gasteiger partial charge on any atom is -0.454 e. The van der Waals surface area contributed by atoms with Crippen molar-refractivity contribution >= 4 is 17.5 Å². The van der Waals surface area contributed by atoms with Gasteiger partial charge in [0.2, 0.25) is 24.4 Å². The number of nitrogens with one attached hydrogen (secondary N) is 1. The number of halogens is 1. The van der Waals surface area contributed by atoms with Crippen LogP contribution in [-0.4, -0.2) is 63.9 Å². The molecule has 2 aliphatic rings. The molecule has 234 valence electrons. The van der Waals surface area contributed by atoms with Gasteiger partial charge in [-0.15, -0.1) is 10.2 Å². The fraction of sp³-hybridized carbons (Fsp3) is 0.364. The normalized spacial score (nSPS) is 15.0. The summed E-state index contributed by atoms with van der Waals surface area (Å²) in [4.78, 5) is 33.1. The van der Waals surface area contributed by atoms with Crippen LogP contribution in [0, 0.1) is 5.82 Å². The Labute approximate surface area is 260 Å². The summed E-state index contributed by atoms with van der Waals surface area (Å²) in [6, 6.07) is 18.0. The molecule has 0 saturated heterocycles. The van der Waals surface area contributed by atoms with Crippen LogP contribution < -0.4 is 19.7 Å². The summed E-state index contributed by atoms with van der Waals surface area (Å²) < 4.78 is 24.5. The number of hydrogen-bond donors (Lipinski definition) is 1. The fourth-order valence-electron chi connectivity index (χ4n) is 5.75. The number of amides is 2. The summed E-state index contributed by atoms with van der Waals surface area (Å²) in [7, 11) is 3.89. The second-order valence-electron chi connectivity index (χ2n) is 11.6. The van der Waals surface area contributed by atoms with Crippen LogP contribution in [0.5, 0.6) is 11.5 Å².